The van der Waals surface area contributed by atoms with Crippen LogP contribution in [0.5, 0.6) is 0 Å². The Morgan fingerprint density at radius 3 is 2.45 bits per heavy atom. The van der Waals surface area contributed by atoms with Crippen molar-refractivity contribution in [3.63, 3.8) is 0 Å². The van der Waals surface area contributed by atoms with Crippen molar-refractivity contribution in [1.82, 2.24) is 19.7 Å². The van der Waals surface area contributed by atoms with Crippen molar-refractivity contribution < 1.29 is 5.11 Å². The molecule has 2 aromatic carbocycles. The molecule has 0 radical (unpaired) electrons. The molecule has 0 amide bonds. The normalized spacial score (nSPS) is 11.2. The molecule has 0 unspecified atom stereocenters. The SMILES string of the molecule is OCCNc1nc(NCc2ccccc2)c2cnn(C=Cc3ccccc3)c2n1. The minimum Gasteiger partial charge on any atom is -0.395 e. The van der Waals surface area contributed by atoms with Gasteiger partial charge in [-0.15, -0.1) is 0 Å². The van der Waals surface area contributed by atoms with Crippen LogP contribution in [-0.4, -0.2) is 38.0 Å². The molecule has 7 heteroatoms. The Labute approximate surface area is 168 Å². The number of fused-ring (bicyclic) bond motifs is 1. The lowest BCUT2D eigenvalue weighted by atomic mass is 10.2. The molecule has 0 fully saturated rings. The summed E-state index contributed by atoms with van der Waals surface area (Å²) in [4.78, 5) is 9.14. The quantitative estimate of drug-likeness (QED) is 0.430. The van der Waals surface area contributed by atoms with Gasteiger partial charge in [0.25, 0.3) is 0 Å². The maximum atomic E-state index is 9.12. The average molecular weight is 386 g/mol. The maximum absolute atomic E-state index is 9.12. The molecular formula is C22H22N6O. The number of hydrogen-bond donors (Lipinski definition) is 3. The summed E-state index contributed by atoms with van der Waals surface area (Å²) in [6, 6.07) is 20.1. The molecule has 3 N–H and O–H groups in total. The number of anilines is 2. The van der Waals surface area contributed by atoms with Crippen molar-refractivity contribution in [1.29, 1.82) is 0 Å². The zero-order chi connectivity index (χ0) is 19.9. The van der Waals surface area contributed by atoms with E-state index in [0.29, 0.717) is 30.5 Å². The van der Waals surface area contributed by atoms with E-state index in [4.69, 9.17) is 5.11 Å². The summed E-state index contributed by atoms with van der Waals surface area (Å²) in [5.41, 5.74) is 2.91. The lowest BCUT2D eigenvalue weighted by Crippen LogP contribution is -2.11. The van der Waals surface area contributed by atoms with Gasteiger partial charge in [0.05, 0.1) is 18.2 Å². The van der Waals surface area contributed by atoms with E-state index in [1.807, 2.05) is 60.8 Å². The number of benzene rings is 2. The van der Waals surface area contributed by atoms with Crippen molar-refractivity contribution in [2.45, 2.75) is 6.54 Å². The molecule has 7 nitrogen and oxygen atoms in total. The summed E-state index contributed by atoms with van der Waals surface area (Å²) < 4.78 is 1.72. The Balaban J connectivity index is 1.66. The van der Waals surface area contributed by atoms with Gasteiger partial charge >= 0.3 is 0 Å². The Hall–Kier alpha value is -3.71. The summed E-state index contributed by atoms with van der Waals surface area (Å²) in [6.45, 7) is 1.01. The van der Waals surface area contributed by atoms with Crippen LogP contribution >= 0.6 is 0 Å². The molecule has 146 valence electrons. The van der Waals surface area contributed by atoms with Crippen LogP contribution in [0.3, 0.4) is 0 Å². The first kappa shape index (κ1) is 18.6. The minimum absolute atomic E-state index is 0.00134. The molecule has 0 saturated carbocycles. The summed E-state index contributed by atoms with van der Waals surface area (Å²) >= 11 is 0. The van der Waals surface area contributed by atoms with Crippen molar-refractivity contribution in [2.75, 3.05) is 23.8 Å². The molecule has 4 rings (SSSR count). The minimum atomic E-state index is 0.00134. The van der Waals surface area contributed by atoms with E-state index in [-0.39, 0.29) is 6.61 Å². The first-order valence-electron chi connectivity index (χ1n) is 9.44. The van der Waals surface area contributed by atoms with E-state index in [9.17, 15) is 0 Å². The second-order valence-corrected chi connectivity index (χ2v) is 6.44. The highest BCUT2D eigenvalue weighted by Crippen LogP contribution is 2.23. The average Bonchev–Trinajstić information content (AvgIpc) is 3.19. The second kappa shape index (κ2) is 8.99. The topological polar surface area (TPSA) is 87.9 Å². The summed E-state index contributed by atoms with van der Waals surface area (Å²) in [7, 11) is 0. The van der Waals surface area contributed by atoms with Crippen LogP contribution in [0.15, 0.2) is 66.9 Å². The Morgan fingerprint density at radius 1 is 0.931 bits per heavy atom. The smallest absolute Gasteiger partial charge is 0.226 e. The molecule has 0 atom stereocenters. The van der Waals surface area contributed by atoms with Gasteiger partial charge in [0.2, 0.25) is 5.95 Å². The van der Waals surface area contributed by atoms with E-state index in [1.165, 1.54) is 0 Å². The zero-order valence-electron chi connectivity index (χ0n) is 15.9. The molecule has 0 bridgehead atoms. The zero-order valence-corrected chi connectivity index (χ0v) is 15.9. The molecule has 4 aromatic rings. The van der Waals surface area contributed by atoms with Gasteiger partial charge in [-0.05, 0) is 17.2 Å². The maximum Gasteiger partial charge on any atom is 0.226 e. The van der Waals surface area contributed by atoms with Gasteiger partial charge in [-0.2, -0.15) is 15.1 Å². The molecule has 0 spiro atoms. The van der Waals surface area contributed by atoms with Gasteiger partial charge in [0.1, 0.15) is 5.82 Å². The number of rotatable bonds is 8. The van der Waals surface area contributed by atoms with Gasteiger partial charge in [-0.25, -0.2) is 4.68 Å². The fourth-order valence-electron chi connectivity index (χ4n) is 2.92. The third kappa shape index (κ3) is 4.59. The summed E-state index contributed by atoms with van der Waals surface area (Å²) in [5, 5.41) is 20.8. The lowest BCUT2D eigenvalue weighted by molar-refractivity contribution is 0.311. The van der Waals surface area contributed by atoms with Crippen molar-refractivity contribution in [3.8, 4) is 0 Å². The molecule has 0 aliphatic carbocycles. The van der Waals surface area contributed by atoms with E-state index in [2.05, 4.69) is 37.8 Å². The van der Waals surface area contributed by atoms with Gasteiger partial charge in [0.15, 0.2) is 5.65 Å². The highest BCUT2D eigenvalue weighted by Gasteiger charge is 2.12. The first-order chi connectivity index (χ1) is 14.3. The van der Waals surface area contributed by atoms with Crippen molar-refractivity contribution in [2.24, 2.45) is 0 Å². The molecule has 0 saturated heterocycles. The number of aromatic nitrogens is 4. The highest BCUT2D eigenvalue weighted by atomic mass is 16.3. The molecular weight excluding hydrogens is 364 g/mol. The first-order valence-corrected chi connectivity index (χ1v) is 9.44. The molecule has 0 aliphatic rings. The van der Waals surface area contributed by atoms with Crippen molar-refractivity contribution >= 4 is 35.1 Å². The van der Waals surface area contributed by atoms with Gasteiger partial charge in [-0.1, -0.05) is 60.7 Å². The Morgan fingerprint density at radius 2 is 1.69 bits per heavy atom. The fourth-order valence-corrected chi connectivity index (χ4v) is 2.92. The summed E-state index contributed by atoms with van der Waals surface area (Å²) in [6.07, 6.45) is 5.61. The number of nitrogens with one attached hydrogen (secondary N) is 2. The van der Waals surface area contributed by atoms with Crippen LogP contribution in [0.2, 0.25) is 0 Å². The molecule has 2 aromatic heterocycles. The van der Waals surface area contributed by atoms with E-state index in [1.54, 1.807) is 10.9 Å². The van der Waals surface area contributed by atoms with Crippen LogP contribution in [0.1, 0.15) is 11.1 Å². The van der Waals surface area contributed by atoms with E-state index < -0.39 is 0 Å². The van der Waals surface area contributed by atoms with Crippen LogP contribution in [0, 0.1) is 0 Å². The number of aliphatic hydroxyl groups is 1. The van der Waals surface area contributed by atoms with Gasteiger partial charge < -0.3 is 15.7 Å². The van der Waals surface area contributed by atoms with Crippen LogP contribution in [0.4, 0.5) is 11.8 Å². The van der Waals surface area contributed by atoms with Crippen LogP contribution in [0.25, 0.3) is 23.3 Å². The fraction of sp³-hybridized carbons (Fsp3) is 0.136. The highest BCUT2D eigenvalue weighted by molar-refractivity contribution is 5.89. The van der Waals surface area contributed by atoms with Crippen molar-refractivity contribution in [3.05, 3.63) is 78.0 Å². The number of nitrogens with zero attached hydrogens (tertiary/aromatic N) is 4. The van der Waals surface area contributed by atoms with E-state index in [0.717, 1.165) is 16.5 Å². The van der Waals surface area contributed by atoms with Crippen LogP contribution in [-0.2, 0) is 6.54 Å². The largest absolute Gasteiger partial charge is 0.395 e. The monoisotopic (exact) mass is 386 g/mol. The lowest BCUT2D eigenvalue weighted by Gasteiger charge is -2.10. The molecule has 2 heterocycles. The van der Waals surface area contributed by atoms with Gasteiger partial charge in [0, 0.05) is 19.3 Å². The van der Waals surface area contributed by atoms with Gasteiger partial charge in [-0.3, -0.25) is 0 Å². The summed E-state index contributed by atoms with van der Waals surface area (Å²) in [5.74, 6) is 1.13. The third-order valence-electron chi connectivity index (χ3n) is 4.36. The Bertz CT molecular complexity index is 1090. The van der Waals surface area contributed by atoms with Crippen LogP contribution < -0.4 is 10.6 Å². The predicted octanol–water partition coefficient (Wildman–Crippen LogP) is 3.47. The standard InChI is InChI=1S/C22H22N6O/c29-14-12-23-22-26-20(24-15-18-9-5-2-6-10-18)19-16-25-28(21(19)27-22)13-11-17-7-3-1-4-8-17/h1-11,13,16,29H,12,14-15H2,(H2,23,24,26,27). The Kier molecular flexibility index (Phi) is 5.78. The third-order valence-corrected chi connectivity index (χ3v) is 4.36. The second-order valence-electron chi connectivity index (χ2n) is 6.44. The molecule has 0 aliphatic heterocycles. The number of hydrogen-bond acceptors (Lipinski definition) is 6. The predicted molar refractivity (Wildman–Crippen MR) is 116 cm³/mol. The van der Waals surface area contributed by atoms with E-state index >= 15 is 0 Å². The molecule has 29 heavy (non-hydrogen) atoms. The number of aliphatic hydroxyl groups excluding tert-OH is 1.